The fraction of sp³-hybridized carbons (Fsp3) is 0.571. The van der Waals surface area contributed by atoms with E-state index in [-0.39, 0.29) is 5.54 Å². The maximum Gasteiger partial charge on any atom is 0.243 e. The molecular weight excluding hydrogens is 260 g/mol. The molecule has 2 aliphatic rings. The van der Waals surface area contributed by atoms with Gasteiger partial charge in [-0.3, -0.25) is 0 Å². The zero-order chi connectivity index (χ0) is 13.5. The molecule has 4 nitrogen and oxygen atoms in total. The van der Waals surface area contributed by atoms with Gasteiger partial charge in [0.1, 0.15) is 0 Å². The van der Waals surface area contributed by atoms with Crippen molar-refractivity contribution in [2.75, 3.05) is 26.2 Å². The van der Waals surface area contributed by atoms with Gasteiger partial charge in [0.25, 0.3) is 0 Å². The fourth-order valence-corrected chi connectivity index (χ4v) is 4.84. The van der Waals surface area contributed by atoms with Gasteiger partial charge < -0.3 is 4.90 Å². The lowest BCUT2D eigenvalue weighted by atomic mass is 9.97. The van der Waals surface area contributed by atoms with Crippen molar-refractivity contribution in [2.45, 2.75) is 30.2 Å². The van der Waals surface area contributed by atoms with E-state index in [1.807, 2.05) is 6.07 Å². The first-order valence-corrected chi connectivity index (χ1v) is 8.33. The molecule has 2 saturated heterocycles. The molecule has 1 spiro atoms. The molecule has 1 unspecified atom stereocenters. The Labute approximate surface area is 115 Å². The van der Waals surface area contributed by atoms with Crippen LogP contribution < -0.4 is 0 Å². The number of likely N-dealkylation sites (tertiary alicyclic amines) is 1. The van der Waals surface area contributed by atoms with Crippen LogP contribution in [0.25, 0.3) is 0 Å². The minimum atomic E-state index is -3.28. The molecule has 0 saturated carbocycles. The van der Waals surface area contributed by atoms with Gasteiger partial charge in [0.05, 0.1) is 10.4 Å². The summed E-state index contributed by atoms with van der Waals surface area (Å²) in [4.78, 5) is 2.81. The molecule has 19 heavy (non-hydrogen) atoms. The van der Waals surface area contributed by atoms with Crippen molar-refractivity contribution in [2.24, 2.45) is 0 Å². The highest BCUT2D eigenvalue weighted by atomic mass is 32.2. The predicted octanol–water partition coefficient (Wildman–Crippen LogP) is 1.55. The Morgan fingerprint density at radius 2 is 1.79 bits per heavy atom. The van der Waals surface area contributed by atoms with Gasteiger partial charge in [0.2, 0.25) is 10.0 Å². The summed E-state index contributed by atoms with van der Waals surface area (Å²) in [5.41, 5.74) is -0.0830. The first kappa shape index (κ1) is 13.1. The zero-order valence-electron chi connectivity index (χ0n) is 11.2. The molecule has 1 atom stereocenters. The number of sulfonamides is 1. The summed E-state index contributed by atoms with van der Waals surface area (Å²) in [7, 11) is -3.28. The SMILES string of the molecule is CCN1CCC2(CC1)CN2S(=O)(=O)c1ccccc1. The molecule has 1 aromatic rings. The lowest BCUT2D eigenvalue weighted by molar-refractivity contribution is 0.200. The van der Waals surface area contributed by atoms with Gasteiger partial charge in [-0.1, -0.05) is 25.1 Å². The van der Waals surface area contributed by atoms with Crippen LogP contribution >= 0.6 is 0 Å². The van der Waals surface area contributed by atoms with Gasteiger partial charge in [-0.15, -0.1) is 0 Å². The van der Waals surface area contributed by atoms with E-state index >= 15 is 0 Å². The zero-order valence-corrected chi connectivity index (χ0v) is 12.1. The number of benzene rings is 1. The normalized spacial score (nSPS) is 26.5. The quantitative estimate of drug-likeness (QED) is 0.789. The number of rotatable bonds is 3. The number of hydrogen-bond acceptors (Lipinski definition) is 3. The lowest BCUT2D eigenvalue weighted by Gasteiger charge is -2.31. The van der Waals surface area contributed by atoms with Gasteiger partial charge in [-0.25, -0.2) is 8.42 Å². The fourth-order valence-electron chi connectivity index (χ4n) is 2.98. The average molecular weight is 280 g/mol. The van der Waals surface area contributed by atoms with Crippen LogP contribution in [0, 0.1) is 0 Å². The lowest BCUT2D eigenvalue weighted by Crippen LogP contribution is -2.40. The standard InChI is InChI=1S/C14H20N2O2S/c1-2-15-10-8-14(9-11-15)12-16(14)19(17,18)13-6-4-3-5-7-13/h3-7H,2,8-12H2,1H3. The van der Waals surface area contributed by atoms with E-state index in [4.69, 9.17) is 0 Å². The van der Waals surface area contributed by atoms with Gasteiger partial charge >= 0.3 is 0 Å². The van der Waals surface area contributed by atoms with Crippen molar-refractivity contribution in [1.29, 1.82) is 0 Å². The number of nitrogens with zero attached hydrogens (tertiary/aromatic N) is 2. The summed E-state index contributed by atoms with van der Waals surface area (Å²) in [6, 6.07) is 8.77. The minimum Gasteiger partial charge on any atom is -0.303 e. The van der Waals surface area contributed by atoms with Crippen molar-refractivity contribution in [1.82, 2.24) is 9.21 Å². The monoisotopic (exact) mass is 280 g/mol. The van der Waals surface area contributed by atoms with Crippen molar-refractivity contribution >= 4 is 10.0 Å². The Morgan fingerprint density at radius 1 is 1.16 bits per heavy atom. The Kier molecular flexibility index (Phi) is 3.15. The number of hydrogen-bond donors (Lipinski definition) is 0. The smallest absolute Gasteiger partial charge is 0.243 e. The second kappa shape index (κ2) is 4.58. The third kappa shape index (κ3) is 2.20. The molecule has 104 valence electrons. The van der Waals surface area contributed by atoms with E-state index in [1.165, 1.54) is 0 Å². The first-order valence-electron chi connectivity index (χ1n) is 6.89. The highest BCUT2D eigenvalue weighted by molar-refractivity contribution is 7.89. The van der Waals surface area contributed by atoms with Crippen molar-refractivity contribution in [3.05, 3.63) is 30.3 Å². The molecule has 0 aliphatic carbocycles. The highest BCUT2D eigenvalue weighted by Crippen LogP contribution is 2.45. The van der Waals surface area contributed by atoms with Crippen LogP contribution in [-0.4, -0.2) is 49.3 Å². The molecule has 2 heterocycles. The molecule has 1 aromatic carbocycles. The summed E-state index contributed by atoms with van der Waals surface area (Å²) >= 11 is 0. The van der Waals surface area contributed by atoms with Crippen LogP contribution in [0.1, 0.15) is 19.8 Å². The van der Waals surface area contributed by atoms with E-state index < -0.39 is 10.0 Å². The summed E-state index contributed by atoms with van der Waals surface area (Å²) in [5.74, 6) is 0. The van der Waals surface area contributed by atoms with Crippen molar-refractivity contribution < 1.29 is 8.42 Å². The molecule has 3 rings (SSSR count). The van der Waals surface area contributed by atoms with Crippen LogP contribution in [0.3, 0.4) is 0 Å². The largest absolute Gasteiger partial charge is 0.303 e. The Hall–Kier alpha value is -0.910. The summed E-state index contributed by atoms with van der Waals surface area (Å²) < 4.78 is 26.8. The minimum absolute atomic E-state index is 0.0830. The molecular formula is C14H20N2O2S. The third-order valence-electron chi connectivity index (χ3n) is 4.43. The molecule has 0 amide bonds. The highest BCUT2D eigenvalue weighted by Gasteiger charge is 2.59. The first-order chi connectivity index (χ1) is 9.08. The van der Waals surface area contributed by atoms with Crippen molar-refractivity contribution in [3.8, 4) is 0 Å². The van der Waals surface area contributed by atoms with Crippen LogP contribution in [0.15, 0.2) is 35.2 Å². The molecule has 0 N–H and O–H groups in total. The molecule has 0 aromatic heterocycles. The van der Waals surface area contributed by atoms with E-state index in [0.29, 0.717) is 11.4 Å². The van der Waals surface area contributed by atoms with Gasteiger partial charge in [-0.05, 0) is 44.6 Å². The summed E-state index contributed by atoms with van der Waals surface area (Å²) in [5, 5.41) is 0. The molecule has 2 aliphatic heterocycles. The van der Waals surface area contributed by atoms with E-state index in [2.05, 4.69) is 11.8 Å². The second-order valence-corrected chi connectivity index (χ2v) is 7.35. The maximum absolute atomic E-state index is 12.5. The topological polar surface area (TPSA) is 40.4 Å². The van der Waals surface area contributed by atoms with Crippen molar-refractivity contribution in [3.63, 3.8) is 0 Å². The Balaban J connectivity index is 1.76. The molecule has 5 heteroatoms. The van der Waals surface area contributed by atoms with Crippen LogP contribution in [-0.2, 0) is 10.0 Å². The van der Waals surface area contributed by atoms with Crippen LogP contribution in [0.4, 0.5) is 0 Å². The predicted molar refractivity (Wildman–Crippen MR) is 74.4 cm³/mol. The van der Waals surface area contributed by atoms with Gasteiger partial charge in [0, 0.05) is 6.54 Å². The Morgan fingerprint density at radius 3 is 2.37 bits per heavy atom. The van der Waals surface area contributed by atoms with Gasteiger partial charge in [-0.2, -0.15) is 4.31 Å². The maximum atomic E-state index is 12.5. The molecule has 0 bridgehead atoms. The Bertz CT molecular complexity index is 548. The third-order valence-corrected chi connectivity index (χ3v) is 6.39. The van der Waals surface area contributed by atoms with Crippen LogP contribution in [0.2, 0.25) is 0 Å². The number of piperidine rings is 1. The van der Waals surface area contributed by atoms with Crippen LogP contribution in [0.5, 0.6) is 0 Å². The average Bonchev–Trinajstić information content (AvgIpc) is 3.16. The summed E-state index contributed by atoms with van der Waals surface area (Å²) in [6.07, 6.45) is 1.93. The van der Waals surface area contributed by atoms with E-state index in [1.54, 1.807) is 28.6 Å². The van der Waals surface area contributed by atoms with E-state index in [9.17, 15) is 8.42 Å². The second-order valence-electron chi connectivity index (χ2n) is 5.48. The molecule has 0 radical (unpaired) electrons. The van der Waals surface area contributed by atoms with Gasteiger partial charge in [0.15, 0.2) is 0 Å². The van der Waals surface area contributed by atoms with E-state index in [0.717, 1.165) is 32.5 Å². The summed E-state index contributed by atoms with van der Waals surface area (Å²) in [6.45, 7) is 5.93. The molecule has 2 fully saturated rings.